The summed E-state index contributed by atoms with van der Waals surface area (Å²) in [4.78, 5) is 0. The maximum Gasteiger partial charge on any atom is 0.167 e. The van der Waals surface area contributed by atoms with E-state index in [9.17, 15) is 5.11 Å². The van der Waals surface area contributed by atoms with Gasteiger partial charge in [-0.25, -0.2) is 0 Å². The van der Waals surface area contributed by atoms with Crippen LogP contribution in [0.4, 0.5) is 0 Å². The van der Waals surface area contributed by atoms with Gasteiger partial charge in [0.25, 0.3) is 0 Å². The monoisotopic (exact) mass is 228 g/mol. The van der Waals surface area contributed by atoms with Gasteiger partial charge in [-0.05, 0) is 19.3 Å². The van der Waals surface area contributed by atoms with Crippen molar-refractivity contribution < 1.29 is 9.84 Å². The third-order valence-corrected chi connectivity index (χ3v) is 4.03. The Morgan fingerprint density at radius 2 is 1.62 bits per heavy atom. The molecule has 1 N–H and O–H groups in total. The van der Waals surface area contributed by atoms with E-state index in [-0.39, 0.29) is 5.41 Å². The molecular formula is C14H28O2. The van der Waals surface area contributed by atoms with Crippen molar-refractivity contribution in [1.82, 2.24) is 0 Å². The molecule has 1 saturated carbocycles. The van der Waals surface area contributed by atoms with Crippen LogP contribution in [0.15, 0.2) is 0 Å². The topological polar surface area (TPSA) is 29.5 Å². The number of hydrogen-bond donors (Lipinski definition) is 1. The zero-order valence-electron chi connectivity index (χ0n) is 11.4. The molecule has 0 bridgehead atoms. The molecule has 2 nitrogen and oxygen atoms in total. The SMILES string of the molecule is CC(C)(C)C(C)(O)OCCC1CCCCC1. The molecular weight excluding hydrogens is 200 g/mol. The molecule has 0 aromatic carbocycles. The van der Waals surface area contributed by atoms with Crippen LogP contribution in [0.2, 0.25) is 0 Å². The summed E-state index contributed by atoms with van der Waals surface area (Å²) >= 11 is 0. The van der Waals surface area contributed by atoms with Crippen LogP contribution in [0.1, 0.15) is 66.2 Å². The van der Waals surface area contributed by atoms with E-state index in [1.54, 1.807) is 6.92 Å². The zero-order chi connectivity index (χ0) is 12.2. The first-order valence-corrected chi connectivity index (χ1v) is 6.69. The lowest BCUT2D eigenvalue weighted by Crippen LogP contribution is -2.42. The standard InChI is InChI=1S/C14H28O2/c1-13(2,3)14(4,15)16-11-10-12-8-6-5-7-9-12/h12,15H,5-11H2,1-4H3. The molecule has 96 valence electrons. The molecule has 0 heterocycles. The second kappa shape index (κ2) is 5.50. The van der Waals surface area contributed by atoms with Gasteiger partial charge in [0.15, 0.2) is 5.79 Å². The fraction of sp³-hybridized carbons (Fsp3) is 1.00. The molecule has 0 radical (unpaired) electrons. The molecule has 0 aromatic rings. The summed E-state index contributed by atoms with van der Waals surface area (Å²) in [5.41, 5.74) is -0.223. The predicted octanol–water partition coefficient (Wildman–Crippen LogP) is 3.73. The Labute approximate surface area is 100 Å². The van der Waals surface area contributed by atoms with Crippen LogP contribution in [0.3, 0.4) is 0 Å². The summed E-state index contributed by atoms with van der Waals surface area (Å²) in [6, 6.07) is 0. The summed E-state index contributed by atoms with van der Waals surface area (Å²) in [5.74, 6) is -0.189. The quantitative estimate of drug-likeness (QED) is 0.743. The highest BCUT2D eigenvalue weighted by Gasteiger charge is 2.36. The second-order valence-corrected chi connectivity index (χ2v) is 6.37. The van der Waals surface area contributed by atoms with Crippen LogP contribution in [0.25, 0.3) is 0 Å². The summed E-state index contributed by atoms with van der Waals surface area (Å²) < 4.78 is 5.65. The molecule has 0 amide bonds. The minimum atomic E-state index is -1.01. The van der Waals surface area contributed by atoms with Gasteiger partial charge < -0.3 is 9.84 Å². The highest BCUT2D eigenvalue weighted by atomic mass is 16.6. The van der Waals surface area contributed by atoms with E-state index in [0.717, 1.165) is 12.3 Å². The first kappa shape index (κ1) is 14.0. The average molecular weight is 228 g/mol. The van der Waals surface area contributed by atoms with Gasteiger partial charge in [-0.2, -0.15) is 0 Å². The molecule has 2 heteroatoms. The number of hydrogen-bond acceptors (Lipinski definition) is 2. The van der Waals surface area contributed by atoms with Gasteiger partial charge in [0.2, 0.25) is 0 Å². The van der Waals surface area contributed by atoms with Crippen LogP contribution in [0, 0.1) is 11.3 Å². The fourth-order valence-corrected chi connectivity index (χ4v) is 2.12. The number of ether oxygens (including phenoxy) is 1. The van der Waals surface area contributed by atoms with Crippen molar-refractivity contribution >= 4 is 0 Å². The highest BCUT2D eigenvalue weighted by molar-refractivity contribution is 4.77. The van der Waals surface area contributed by atoms with Gasteiger partial charge in [-0.1, -0.05) is 52.9 Å². The molecule has 1 unspecified atom stereocenters. The zero-order valence-corrected chi connectivity index (χ0v) is 11.4. The molecule has 1 aliphatic rings. The van der Waals surface area contributed by atoms with E-state index >= 15 is 0 Å². The van der Waals surface area contributed by atoms with Gasteiger partial charge in [0, 0.05) is 5.41 Å². The maximum atomic E-state index is 10.2. The molecule has 1 fully saturated rings. The van der Waals surface area contributed by atoms with Gasteiger partial charge in [0.1, 0.15) is 0 Å². The minimum absolute atomic E-state index is 0.223. The largest absolute Gasteiger partial charge is 0.365 e. The maximum absolute atomic E-state index is 10.2. The third-order valence-electron chi connectivity index (χ3n) is 4.03. The van der Waals surface area contributed by atoms with Crippen molar-refractivity contribution in [2.45, 2.75) is 72.0 Å². The van der Waals surface area contributed by atoms with E-state index in [4.69, 9.17) is 4.74 Å². The molecule has 0 aromatic heterocycles. The number of rotatable bonds is 4. The lowest BCUT2D eigenvalue weighted by atomic mass is 9.86. The van der Waals surface area contributed by atoms with Crippen LogP contribution in [-0.4, -0.2) is 17.5 Å². The Morgan fingerprint density at radius 3 is 2.12 bits per heavy atom. The lowest BCUT2D eigenvalue weighted by molar-refractivity contribution is -0.249. The van der Waals surface area contributed by atoms with Crippen molar-refractivity contribution in [2.75, 3.05) is 6.61 Å². The molecule has 0 aliphatic heterocycles. The van der Waals surface area contributed by atoms with Gasteiger partial charge in [-0.15, -0.1) is 0 Å². The van der Waals surface area contributed by atoms with Crippen LogP contribution in [0.5, 0.6) is 0 Å². The smallest absolute Gasteiger partial charge is 0.167 e. The lowest BCUT2D eigenvalue weighted by Gasteiger charge is -2.37. The van der Waals surface area contributed by atoms with Crippen molar-refractivity contribution in [3.05, 3.63) is 0 Å². The average Bonchev–Trinajstić information content (AvgIpc) is 2.17. The van der Waals surface area contributed by atoms with Crippen molar-refractivity contribution in [2.24, 2.45) is 11.3 Å². The van der Waals surface area contributed by atoms with E-state index in [1.165, 1.54) is 32.1 Å². The van der Waals surface area contributed by atoms with E-state index in [2.05, 4.69) is 0 Å². The predicted molar refractivity (Wildman–Crippen MR) is 67.2 cm³/mol. The van der Waals surface area contributed by atoms with Gasteiger partial charge >= 0.3 is 0 Å². The van der Waals surface area contributed by atoms with Gasteiger partial charge in [-0.3, -0.25) is 0 Å². The molecule has 1 rings (SSSR count). The molecule has 1 atom stereocenters. The Hall–Kier alpha value is -0.0800. The summed E-state index contributed by atoms with van der Waals surface area (Å²) in [6.07, 6.45) is 7.95. The summed E-state index contributed by atoms with van der Waals surface area (Å²) in [5, 5.41) is 10.2. The van der Waals surface area contributed by atoms with Crippen LogP contribution >= 0.6 is 0 Å². The Bertz CT molecular complexity index is 197. The summed E-state index contributed by atoms with van der Waals surface area (Å²) in [6.45, 7) is 8.48. The van der Waals surface area contributed by atoms with Crippen LogP contribution < -0.4 is 0 Å². The van der Waals surface area contributed by atoms with Crippen molar-refractivity contribution in [3.63, 3.8) is 0 Å². The van der Waals surface area contributed by atoms with Crippen LogP contribution in [-0.2, 0) is 4.74 Å². The molecule has 0 saturated heterocycles. The molecule has 1 aliphatic carbocycles. The Morgan fingerprint density at radius 1 is 1.06 bits per heavy atom. The van der Waals surface area contributed by atoms with E-state index < -0.39 is 5.79 Å². The van der Waals surface area contributed by atoms with Gasteiger partial charge in [0.05, 0.1) is 6.61 Å². The Kier molecular flexibility index (Phi) is 4.81. The minimum Gasteiger partial charge on any atom is -0.365 e. The van der Waals surface area contributed by atoms with E-state index in [0.29, 0.717) is 6.61 Å². The fourth-order valence-electron chi connectivity index (χ4n) is 2.12. The second-order valence-electron chi connectivity index (χ2n) is 6.37. The summed E-state index contributed by atoms with van der Waals surface area (Å²) in [7, 11) is 0. The normalized spacial score (nSPS) is 23.1. The van der Waals surface area contributed by atoms with E-state index in [1.807, 2.05) is 20.8 Å². The first-order chi connectivity index (χ1) is 7.33. The highest BCUT2D eigenvalue weighted by Crippen LogP contribution is 2.32. The van der Waals surface area contributed by atoms with Crippen molar-refractivity contribution in [3.8, 4) is 0 Å². The Balaban J connectivity index is 2.23. The molecule has 16 heavy (non-hydrogen) atoms. The molecule has 0 spiro atoms. The van der Waals surface area contributed by atoms with Crippen molar-refractivity contribution in [1.29, 1.82) is 0 Å². The third kappa shape index (κ3) is 4.06. The first-order valence-electron chi connectivity index (χ1n) is 6.69. The number of aliphatic hydroxyl groups is 1.